The van der Waals surface area contributed by atoms with Gasteiger partial charge in [0.25, 0.3) is 11.8 Å². The van der Waals surface area contributed by atoms with Gasteiger partial charge in [0.1, 0.15) is 5.70 Å². The minimum atomic E-state index is -0.546. The highest BCUT2D eigenvalue weighted by Gasteiger charge is 2.16. The van der Waals surface area contributed by atoms with Crippen LogP contribution in [0.25, 0.3) is 6.08 Å². The zero-order valence-electron chi connectivity index (χ0n) is 14.7. The van der Waals surface area contributed by atoms with Crippen molar-refractivity contribution in [2.24, 2.45) is 0 Å². The van der Waals surface area contributed by atoms with E-state index in [1.807, 2.05) is 0 Å². The fourth-order valence-corrected chi connectivity index (χ4v) is 2.19. The second kappa shape index (κ2) is 10.2. The van der Waals surface area contributed by atoms with E-state index in [4.69, 9.17) is 20.8 Å². The topological polar surface area (TPSA) is 97.6 Å². The molecule has 7 nitrogen and oxygen atoms in total. The molecule has 0 saturated heterocycles. The highest BCUT2D eigenvalue weighted by atomic mass is 35.5. The number of carbonyl (C=O) groups is 3. The van der Waals surface area contributed by atoms with Crippen molar-refractivity contribution >= 4 is 35.5 Å². The van der Waals surface area contributed by atoms with Crippen LogP contribution in [0.1, 0.15) is 29.5 Å². The molecule has 0 aliphatic carbocycles. The smallest absolute Gasteiger partial charge is 0.302 e. The van der Waals surface area contributed by atoms with Crippen molar-refractivity contribution in [3.8, 4) is 0 Å². The zero-order valence-corrected chi connectivity index (χ0v) is 15.4. The second-order valence-corrected chi connectivity index (χ2v) is 5.93. The van der Waals surface area contributed by atoms with E-state index in [0.717, 1.165) is 0 Å². The number of hydrogen-bond acceptors (Lipinski definition) is 5. The fourth-order valence-electron chi connectivity index (χ4n) is 2.06. The van der Waals surface area contributed by atoms with Crippen LogP contribution in [0.5, 0.6) is 0 Å². The van der Waals surface area contributed by atoms with Crippen molar-refractivity contribution in [1.29, 1.82) is 0 Å². The molecule has 0 aliphatic heterocycles. The van der Waals surface area contributed by atoms with E-state index in [1.54, 1.807) is 30.3 Å². The van der Waals surface area contributed by atoms with Crippen LogP contribution in [0, 0.1) is 0 Å². The maximum Gasteiger partial charge on any atom is 0.302 e. The number of rotatable bonds is 8. The first-order chi connectivity index (χ1) is 13.0. The maximum atomic E-state index is 12.5. The fraction of sp³-hybridized carbons (Fsp3) is 0.211. The summed E-state index contributed by atoms with van der Waals surface area (Å²) in [5.74, 6) is -1.32. The van der Waals surface area contributed by atoms with E-state index >= 15 is 0 Å². The molecule has 2 N–H and O–H groups in total. The van der Waals surface area contributed by atoms with Gasteiger partial charge in [-0.05, 0) is 42.3 Å². The summed E-state index contributed by atoms with van der Waals surface area (Å²) in [4.78, 5) is 35.4. The number of furan rings is 1. The lowest BCUT2D eigenvalue weighted by Gasteiger charge is -2.10. The van der Waals surface area contributed by atoms with Gasteiger partial charge in [-0.25, -0.2) is 0 Å². The van der Waals surface area contributed by atoms with E-state index in [-0.39, 0.29) is 30.6 Å². The van der Waals surface area contributed by atoms with Gasteiger partial charge >= 0.3 is 5.97 Å². The molecule has 1 aromatic heterocycles. The highest BCUT2D eigenvalue weighted by Crippen LogP contribution is 2.12. The van der Waals surface area contributed by atoms with Gasteiger partial charge in [0.15, 0.2) is 5.76 Å². The van der Waals surface area contributed by atoms with Crippen molar-refractivity contribution in [2.75, 3.05) is 13.2 Å². The Bertz CT molecular complexity index is 813. The number of ether oxygens (including phenoxy) is 1. The molecule has 0 unspecified atom stereocenters. The molecule has 142 valence electrons. The number of carbonyl (C=O) groups excluding carboxylic acids is 3. The number of halogens is 1. The van der Waals surface area contributed by atoms with Crippen molar-refractivity contribution in [3.63, 3.8) is 0 Å². The summed E-state index contributed by atoms with van der Waals surface area (Å²) >= 11 is 5.87. The average Bonchev–Trinajstić information content (AvgIpc) is 3.17. The molecule has 2 amide bonds. The average molecular weight is 391 g/mol. The van der Waals surface area contributed by atoms with E-state index < -0.39 is 11.8 Å². The minimum Gasteiger partial charge on any atom is -0.466 e. The first-order valence-corrected chi connectivity index (χ1v) is 8.57. The number of amides is 2. The second-order valence-electron chi connectivity index (χ2n) is 5.49. The van der Waals surface area contributed by atoms with Gasteiger partial charge < -0.3 is 19.8 Å². The molecule has 1 aromatic carbocycles. The number of hydrogen-bond donors (Lipinski definition) is 2. The predicted molar refractivity (Wildman–Crippen MR) is 99.9 cm³/mol. The minimum absolute atomic E-state index is 0.0474. The van der Waals surface area contributed by atoms with Crippen LogP contribution < -0.4 is 10.6 Å². The Balaban J connectivity index is 2.06. The molecule has 0 saturated carbocycles. The summed E-state index contributed by atoms with van der Waals surface area (Å²) in [5.41, 5.74) is 0.732. The third-order valence-corrected chi connectivity index (χ3v) is 3.58. The van der Waals surface area contributed by atoms with Crippen molar-refractivity contribution in [1.82, 2.24) is 10.6 Å². The molecule has 1 heterocycles. The molecule has 2 aromatic rings. The summed E-state index contributed by atoms with van der Waals surface area (Å²) in [6, 6.07) is 9.86. The van der Waals surface area contributed by atoms with Crippen molar-refractivity contribution < 1.29 is 23.5 Å². The van der Waals surface area contributed by atoms with Crippen LogP contribution in [-0.2, 0) is 14.3 Å². The van der Waals surface area contributed by atoms with Gasteiger partial charge in [0.05, 0.1) is 12.9 Å². The van der Waals surface area contributed by atoms with Crippen molar-refractivity contribution in [3.05, 3.63) is 64.7 Å². The maximum absolute atomic E-state index is 12.5. The van der Waals surface area contributed by atoms with Crippen LogP contribution in [0.4, 0.5) is 0 Å². The number of benzene rings is 1. The first kappa shape index (κ1) is 20.3. The lowest BCUT2D eigenvalue weighted by atomic mass is 10.2. The monoisotopic (exact) mass is 390 g/mol. The number of esters is 1. The van der Waals surface area contributed by atoms with E-state index in [1.165, 1.54) is 25.3 Å². The quantitative estimate of drug-likeness (QED) is 0.410. The predicted octanol–water partition coefficient (Wildman–Crippen LogP) is 2.77. The molecule has 2 rings (SSSR count). The van der Waals surface area contributed by atoms with Crippen LogP contribution >= 0.6 is 11.6 Å². The third kappa shape index (κ3) is 6.99. The molecule has 0 aliphatic rings. The molecular formula is C19H19ClN2O5. The molecule has 0 atom stereocenters. The van der Waals surface area contributed by atoms with Crippen LogP contribution in [-0.4, -0.2) is 30.9 Å². The summed E-state index contributed by atoms with van der Waals surface area (Å²) in [6.45, 7) is 1.79. The summed E-state index contributed by atoms with van der Waals surface area (Å²) in [7, 11) is 0. The molecule has 0 bridgehead atoms. The normalized spacial score (nSPS) is 11.0. The molecule has 0 spiro atoms. The third-order valence-electron chi connectivity index (χ3n) is 3.33. The van der Waals surface area contributed by atoms with E-state index in [0.29, 0.717) is 17.0 Å². The summed E-state index contributed by atoms with van der Waals surface area (Å²) in [6.07, 6.45) is 3.34. The standard InChI is InChI=1S/C19H19ClN2O5/c1-13(23)26-11-3-9-21-18(24)16(12-14-5-7-15(20)8-6-14)22-19(25)17-4-2-10-27-17/h2,4-8,10,12H,3,9,11H2,1H3,(H,21,24)(H,22,25)/b16-12+. The molecule has 0 fully saturated rings. The SMILES string of the molecule is CC(=O)OCCCNC(=O)/C(=C\c1ccc(Cl)cc1)NC(=O)c1ccco1. The molecule has 27 heavy (non-hydrogen) atoms. The first-order valence-electron chi connectivity index (χ1n) is 8.19. The van der Waals surface area contributed by atoms with Gasteiger partial charge in [-0.3, -0.25) is 14.4 Å². The van der Waals surface area contributed by atoms with Crippen molar-refractivity contribution in [2.45, 2.75) is 13.3 Å². The Kier molecular flexibility index (Phi) is 7.63. The van der Waals surface area contributed by atoms with Gasteiger partial charge in [-0.15, -0.1) is 0 Å². The van der Waals surface area contributed by atoms with Gasteiger partial charge in [0, 0.05) is 18.5 Å². The molecule has 0 radical (unpaired) electrons. The summed E-state index contributed by atoms with van der Waals surface area (Å²) in [5, 5.41) is 5.77. The van der Waals surface area contributed by atoms with Crippen LogP contribution in [0.3, 0.4) is 0 Å². The summed E-state index contributed by atoms with van der Waals surface area (Å²) < 4.78 is 9.85. The Morgan fingerprint density at radius 3 is 2.56 bits per heavy atom. The number of nitrogens with one attached hydrogen (secondary N) is 2. The Hall–Kier alpha value is -3.06. The van der Waals surface area contributed by atoms with E-state index in [2.05, 4.69) is 10.6 Å². The largest absolute Gasteiger partial charge is 0.466 e. The zero-order chi connectivity index (χ0) is 19.6. The lowest BCUT2D eigenvalue weighted by Crippen LogP contribution is -2.35. The van der Waals surface area contributed by atoms with Gasteiger partial charge in [0.2, 0.25) is 0 Å². The molecular weight excluding hydrogens is 372 g/mol. The Morgan fingerprint density at radius 1 is 1.19 bits per heavy atom. The lowest BCUT2D eigenvalue weighted by molar-refractivity contribution is -0.140. The van der Waals surface area contributed by atoms with Crippen LogP contribution in [0.15, 0.2) is 52.8 Å². The van der Waals surface area contributed by atoms with Gasteiger partial charge in [-0.2, -0.15) is 0 Å². The van der Waals surface area contributed by atoms with Crippen LogP contribution in [0.2, 0.25) is 5.02 Å². The Labute approximate surface area is 161 Å². The van der Waals surface area contributed by atoms with Gasteiger partial charge in [-0.1, -0.05) is 23.7 Å². The molecule has 8 heteroatoms. The van der Waals surface area contributed by atoms with E-state index in [9.17, 15) is 14.4 Å². The highest BCUT2D eigenvalue weighted by molar-refractivity contribution is 6.30. The Morgan fingerprint density at radius 2 is 1.93 bits per heavy atom.